The molecule has 2 rings (SSSR count). The van der Waals surface area contributed by atoms with Gasteiger partial charge in [0.1, 0.15) is 5.82 Å². The molecule has 0 radical (unpaired) electrons. The van der Waals surface area contributed by atoms with E-state index in [4.69, 9.17) is 0 Å². The minimum atomic E-state index is -0.873. The number of nitrogens with one attached hydrogen (secondary N) is 2. The third-order valence-electron chi connectivity index (χ3n) is 2.85. The van der Waals surface area contributed by atoms with Crippen LogP contribution in [0, 0.1) is 12.7 Å². The first kappa shape index (κ1) is 14.7. The molecule has 0 spiro atoms. The molecule has 2 amide bonds. The lowest BCUT2D eigenvalue weighted by atomic mass is 10.2. The molecule has 0 saturated heterocycles. The average Bonchev–Trinajstić information content (AvgIpc) is 2.90. The SMILES string of the molecule is CCn1cc(NC(=O)C(=O)Nc2ccc(C)c(F)c2)cn1. The van der Waals surface area contributed by atoms with Gasteiger partial charge in [-0.25, -0.2) is 4.39 Å². The van der Waals surface area contributed by atoms with Crippen molar-refractivity contribution in [2.75, 3.05) is 10.6 Å². The van der Waals surface area contributed by atoms with E-state index >= 15 is 0 Å². The molecule has 0 aliphatic rings. The van der Waals surface area contributed by atoms with Crippen molar-refractivity contribution in [3.8, 4) is 0 Å². The number of nitrogens with zero attached hydrogens (tertiary/aromatic N) is 2. The van der Waals surface area contributed by atoms with Crippen molar-refractivity contribution < 1.29 is 14.0 Å². The zero-order chi connectivity index (χ0) is 15.4. The van der Waals surface area contributed by atoms with Crippen molar-refractivity contribution in [2.45, 2.75) is 20.4 Å². The number of halogens is 1. The molecule has 2 aromatic rings. The van der Waals surface area contributed by atoms with E-state index in [1.165, 1.54) is 18.3 Å². The molecule has 6 nitrogen and oxygen atoms in total. The van der Waals surface area contributed by atoms with Gasteiger partial charge in [-0.15, -0.1) is 0 Å². The summed E-state index contributed by atoms with van der Waals surface area (Å²) in [5, 5.41) is 8.72. The highest BCUT2D eigenvalue weighted by atomic mass is 19.1. The molecule has 7 heteroatoms. The summed E-state index contributed by atoms with van der Waals surface area (Å²) in [6.45, 7) is 4.17. The Morgan fingerprint density at radius 1 is 1.24 bits per heavy atom. The Morgan fingerprint density at radius 2 is 1.90 bits per heavy atom. The predicted octanol–water partition coefficient (Wildman–Crippen LogP) is 1.93. The van der Waals surface area contributed by atoms with Gasteiger partial charge in [0.25, 0.3) is 0 Å². The number of amides is 2. The molecule has 1 heterocycles. The topological polar surface area (TPSA) is 76.0 Å². The Morgan fingerprint density at radius 3 is 2.48 bits per heavy atom. The standard InChI is InChI=1S/C14H15FN4O2/c1-3-19-8-11(7-16-19)18-14(21)13(20)17-10-5-4-9(2)12(15)6-10/h4-8H,3H2,1-2H3,(H,17,20)(H,18,21). The number of carbonyl (C=O) groups excluding carboxylic acids is 2. The van der Waals surface area contributed by atoms with Gasteiger partial charge in [-0.05, 0) is 31.5 Å². The first-order valence-corrected chi connectivity index (χ1v) is 6.40. The third kappa shape index (κ3) is 3.65. The van der Waals surface area contributed by atoms with Gasteiger partial charge < -0.3 is 10.6 Å². The summed E-state index contributed by atoms with van der Waals surface area (Å²) in [6.07, 6.45) is 3.05. The monoisotopic (exact) mass is 290 g/mol. The van der Waals surface area contributed by atoms with E-state index in [1.807, 2.05) is 6.92 Å². The Balaban J connectivity index is 1.99. The fraction of sp³-hybridized carbons (Fsp3) is 0.214. The highest BCUT2D eigenvalue weighted by Crippen LogP contribution is 2.13. The van der Waals surface area contributed by atoms with Crippen LogP contribution in [-0.4, -0.2) is 21.6 Å². The van der Waals surface area contributed by atoms with Crippen LogP contribution in [0.15, 0.2) is 30.6 Å². The lowest BCUT2D eigenvalue weighted by Crippen LogP contribution is -2.29. The lowest BCUT2D eigenvalue weighted by molar-refractivity contribution is -0.133. The van der Waals surface area contributed by atoms with Gasteiger partial charge >= 0.3 is 11.8 Å². The largest absolute Gasteiger partial charge is 0.318 e. The molecular weight excluding hydrogens is 275 g/mol. The summed E-state index contributed by atoms with van der Waals surface area (Å²) in [6, 6.07) is 4.21. The van der Waals surface area contributed by atoms with Crippen LogP contribution in [0.3, 0.4) is 0 Å². The first-order chi connectivity index (χ1) is 9.99. The molecular formula is C14H15FN4O2. The van der Waals surface area contributed by atoms with Crippen LogP contribution in [0.1, 0.15) is 12.5 Å². The van der Waals surface area contributed by atoms with Gasteiger partial charge in [0.2, 0.25) is 0 Å². The highest BCUT2D eigenvalue weighted by molar-refractivity contribution is 6.43. The number of aromatic nitrogens is 2. The molecule has 0 bridgehead atoms. The van der Waals surface area contributed by atoms with Crippen molar-refractivity contribution in [3.05, 3.63) is 42.0 Å². The zero-order valence-electron chi connectivity index (χ0n) is 11.7. The van der Waals surface area contributed by atoms with E-state index in [-0.39, 0.29) is 5.69 Å². The Bertz CT molecular complexity index is 681. The van der Waals surface area contributed by atoms with Crippen LogP contribution in [0.4, 0.5) is 15.8 Å². The Labute approximate surface area is 121 Å². The number of anilines is 2. The van der Waals surface area contributed by atoms with Gasteiger partial charge in [0.15, 0.2) is 0 Å². The molecule has 21 heavy (non-hydrogen) atoms. The van der Waals surface area contributed by atoms with Crippen LogP contribution >= 0.6 is 0 Å². The average molecular weight is 290 g/mol. The van der Waals surface area contributed by atoms with E-state index in [0.29, 0.717) is 17.8 Å². The summed E-state index contributed by atoms with van der Waals surface area (Å²) >= 11 is 0. The van der Waals surface area contributed by atoms with E-state index < -0.39 is 17.6 Å². The summed E-state index contributed by atoms with van der Waals surface area (Å²) in [5.41, 5.74) is 1.11. The molecule has 0 unspecified atom stereocenters. The maximum Gasteiger partial charge on any atom is 0.314 e. The molecule has 2 N–H and O–H groups in total. The normalized spacial score (nSPS) is 10.2. The second kappa shape index (κ2) is 6.17. The zero-order valence-corrected chi connectivity index (χ0v) is 11.7. The molecule has 0 fully saturated rings. The van der Waals surface area contributed by atoms with E-state index in [9.17, 15) is 14.0 Å². The minimum absolute atomic E-state index is 0.225. The summed E-state index contributed by atoms with van der Waals surface area (Å²) in [4.78, 5) is 23.4. The quantitative estimate of drug-likeness (QED) is 0.848. The van der Waals surface area contributed by atoms with Crippen LogP contribution in [0.5, 0.6) is 0 Å². The van der Waals surface area contributed by atoms with E-state index in [2.05, 4.69) is 15.7 Å². The molecule has 0 aliphatic carbocycles. The van der Waals surface area contributed by atoms with Crippen LogP contribution in [0.25, 0.3) is 0 Å². The number of aryl methyl sites for hydroxylation is 2. The fourth-order valence-corrected chi connectivity index (χ4v) is 1.65. The second-order valence-corrected chi connectivity index (χ2v) is 4.46. The van der Waals surface area contributed by atoms with Gasteiger partial charge in [-0.3, -0.25) is 14.3 Å². The van der Waals surface area contributed by atoms with Gasteiger partial charge in [0.05, 0.1) is 11.9 Å². The predicted molar refractivity (Wildman–Crippen MR) is 76.3 cm³/mol. The third-order valence-corrected chi connectivity index (χ3v) is 2.85. The molecule has 0 saturated carbocycles. The highest BCUT2D eigenvalue weighted by Gasteiger charge is 2.15. The van der Waals surface area contributed by atoms with Crippen LogP contribution in [0.2, 0.25) is 0 Å². The van der Waals surface area contributed by atoms with Gasteiger partial charge in [-0.2, -0.15) is 5.10 Å². The number of hydrogen-bond donors (Lipinski definition) is 2. The summed E-state index contributed by atoms with van der Waals surface area (Å²) in [5.74, 6) is -2.16. The van der Waals surface area contributed by atoms with Crippen molar-refractivity contribution in [1.82, 2.24) is 9.78 Å². The molecule has 1 aromatic carbocycles. The second-order valence-electron chi connectivity index (χ2n) is 4.46. The van der Waals surface area contributed by atoms with E-state index in [1.54, 1.807) is 17.8 Å². The molecule has 0 aliphatic heterocycles. The summed E-state index contributed by atoms with van der Waals surface area (Å²) < 4.78 is 15.0. The molecule has 110 valence electrons. The maximum absolute atomic E-state index is 13.4. The van der Waals surface area contributed by atoms with Crippen molar-refractivity contribution in [3.63, 3.8) is 0 Å². The van der Waals surface area contributed by atoms with Crippen molar-refractivity contribution in [2.24, 2.45) is 0 Å². The number of benzene rings is 1. The van der Waals surface area contributed by atoms with Gasteiger partial charge in [-0.1, -0.05) is 6.07 Å². The van der Waals surface area contributed by atoms with Crippen molar-refractivity contribution in [1.29, 1.82) is 0 Å². The van der Waals surface area contributed by atoms with Crippen LogP contribution in [-0.2, 0) is 16.1 Å². The maximum atomic E-state index is 13.4. The fourth-order valence-electron chi connectivity index (χ4n) is 1.65. The molecule has 1 aromatic heterocycles. The number of hydrogen-bond acceptors (Lipinski definition) is 3. The summed E-state index contributed by atoms with van der Waals surface area (Å²) in [7, 11) is 0. The smallest absolute Gasteiger partial charge is 0.314 e. The van der Waals surface area contributed by atoms with E-state index in [0.717, 1.165) is 6.07 Å². The molecule has 0 atom stereocenters. The first-order valence-electron chi connectivity index (χ1n) is 6.40. The number of carbonyl (C=O) groups is 2. The Kier molecular flexibility index (Phi) is 4.32. The van der Waals surface area contributed by atoms with Gasteiger partial charge in [0, 0.05) is 18.4 Å². The minimum Gasteiger partial charge on any atom is -0.318 e. The number of rotatable bonds is 3. The van der Waals surface area contributed by atoms with Crippen molar-refractivity contribution >= 4 is 23.2 Å². The Hall–Kier alpha value is -2.70. The van der Waals surface area contributed by atoms with Crippen LogP contribution < -0.4 is 10.6 Å². The lowest BCUT2D eigenvalue weighted by Gasteiger charge is -2.06.